The Hall–Kier alpha value is -4.20. The monoisotopic (exact) mass is 494 g/mol. The number of phenolic OH excluding ortho intramolecular Hbond substituents is 1. The first-order valence-electron chi connectivity index (χ1n) is 10.6. The molecule has 35 heavy (non-hydrogen) atoms. The van der Waals surface area contributed by atoms with E-state index < -0.39 is 60.2 Å². The van der Waals surface area contributed by atoms with Crippen LogP contribution in [0.1, 0.15) is 31.2 Å². The molecule has 1 aromatic rings. The van der Waals surface area contributed by atoms with Crippen molar-refractivity contribution in [2.75, 3.05) is 6.54 Å². The van der Waals surface area contributed by atoms with E-state index in [0.717, 1.165) is 0 Å². The standard InChI is InChI=1S/C21H30N6O8/c22-10-18(31)25-13(5-7-16(23)29)19(32)27-15(9-11-1-3-12(28)4-2-11)20(33)26-14(21(34)35)6-8-17(24)30/h1-4,13-15,28H,5-10,22H2,(H2,23,29)(H2,24,30)(H,25,31)(H,26,33)(H,27,32)(H,34,35). The summed E-state index contributed by atoms with van der Waals surface area (Å²) in [5.74, 6) is -5.34. The highest BCUT2D eigenvalue weighted by Crippen LogP contribution is 2.12. The van der Waals surface area contributed by atoms with Crippen LogP contribution in [-0.2, 0) is 35.2 Å². The number of amides is 5. The van der Waals surface area contributed by atoms with Crippen molar-refractivity contribution in [2.45, 2.75) is 50.2 Å². The van der Waals surface area contributed by atoms with Crippen molar-refractivity contribution in [3.8, 4) is 5.75 Å². The van der Waals surface area contributed by atoms with Crippen LogP contribution in [0.25, 0.3) is 0 Å². The second-order valence-electron chi connectivity index (χ2n) is 7.67. The van der Waals surface area contributed by atoms with Gasteiger partial charge in [0.25, 0.3) is 0 Å². The smallest absolute Gasteiger partial charge is 0.326 e. The molecular formula is C21H30N6O8. The maximum absolute atomic E-state index is 12.9. The van der Waals surface area contributed by atoms with Gasteiger partial charge in [-0.1, -0.05) is 12.1 Å². The number of hydrogen-bond acceptors (Lipinski definition) is 8. The van der Waals surface area contributed by atoms with Crippen LogP contribution in [0.2, 0.25) is 0 Å². The number of rotatable bonds is 15. The molecule has 11 N–H and O–H groups in total. The molecule has 0 radical (unpaired) electrons. The number of carbonyl (C=O) groups is 6. The van der Waals surface area contributed by atoms with E-state index in [2.05, 4.69) is 16.0 Å². The Morgan fingerprint density at radius 1 is 0.771 bits per heavy atom. The Morgan fingerprint density at radius 3 is 1.74 bits per heavy atom. The van der Waals surface area contributed by atoms with Gasteiger partial charge in [-0.05, 0) is 30.5 Å². The lowest BCUT2D eigenvalue weighted by Crippen LogP contribution is -2.57. The van der Waals surface area contributed by atoms with Crippen molar-refractivity contribution in [1.82, 2.24) is 16.0 Å². The van der Waals surface area contributed by atoms with Crippen LogP contribution in [0.4, 0.5) is 0 Å². The van der Waals surface area contributed by atoms with Gasteiger partial charge >= 0.3 is 5.97 Å². The average Bonchev–Trinajstić information content (AvgIpc) is 2.79. The number of carboxylic acids is 1. The molecule has 0 aromatic heterocycles. The molecular weight excluding hydrogens is 464 g/mol. The van der Waals surface area contributed by atoms with Gasteiger partial charge in [-0.15, -0.1) is 0 Å². The molecule has 1 rings (SSSR count). The molecule has 3 atom stereocenters. The number of primary amides is 2. The normalized spacial score (nSPS) is 13.1. The molecule has 5 amide bonds. The van der Waals surface area contributed by atoms with E-state index in [1.807, 2.05) is 0 Å². The molecule has 3 unspecified atom stereocenters. The summed E-state index contributed by atoms with van der Waals surface area (Å²) in [6.45, 7) is -0.433. The highest BCUT2D eigenvalue weighted by atomic mass is 16.4. The number of carboxylic acid groups (broad SMARTS) is 1. The topological polar surface area (TPSA) is 257 Å². The van der Waals surface area contributed by atoms with Gasteiger partial charge in [0.05, 0.1) is 6.54 Å². The maximum atomic E-state index is 12.9. The van der Waals surface area contributed by atoms with Crippen molar-refractivity contribution in [1.29, 1.82) is 0 Å². The van der Waals surface area contributed by atoms with E-state index in [9.17, 15) is 39.0 Å². The zero-order chi connectivity index (χ0) is 26.5. The van der Waals surface area contributed by atoms with Crippen LogP contribution in [0, 0.1) is 0 Å². The number of carbonyl (C=O) groups excluding carboxylic acids is 5. The predicted octanol–water partition coefficient (Wildman–Crippen LogP) is -3.04. The summed E-state index contributed by atoms with van der Waals surface area (Å²) in [6, 6.07) is 1.66. The van der Waals surface area contributed by atoms with Gasteiger partial charge in [0.2, 0.25) is 29.5 Å². The summed E-state index contributed by atoms with van der Waals surface area (Å²) < 4.78 is 0. The van der Waals surface area contributed by atoms with Crippen molar-refractivity contribution >= 4 is 35.5 Å². The minimum atomic E-state index is -1.46. The number of hydrogen-bond donors (Lipinski definition) is 8. The summed E-state index contributed by atoms with van der Waals surface area (Å²) in [4.78, 5) is 71.2. The highest BCUT2D eigenvalue weighted by Gasteiger charge is 2.30. The van der Waals surface area contributed by atoms with E-state index >= 15 is 0 Å². The Balaban J connectivity index is 3.12. The van der Waals surface area contributed by atoms with E-state index in [1.54, 1.807) is 0 Å². The zero-order valence-corrected chi connectivity index (χ0v) is 18.9. The second kappa shape index (κ2) is 14.1. The maximum Gasteiger partial charge on any atom is 0.326 e. The number of nitrogens with one attached hydrogen (secondary N) is 3. The number of benzene rings is 1. The fourth-order valence-electron chi connectivity index (χ4n) is 2.97. The van der Waals surface area contributed by atoms with Gasteiger partial charge in [0.1, 0.15) is 23.9 Å². The molecule has 192 valence electrons. The Labute approximate surface area is 200 Å². The number of nitrogens with two attached hydrogens (primary N) is 3. The molecule has 0 saturated carbocycles. The summed E-state index contributed by atoms with van der Waals surface area (Å²) in [5.41, 5.74) is 15.9. The molecule has 0 fully saturated rings. The molecule has 0 aliphatic heterocycles. The molecule has 14 nitrogen and oxygen atoms in total. The summed E-state index contributed by atoms with van der Waals surface area (Å²) in [6.07, 6.45) is -1.10. The van der Waals surface area contributed by atoms with Crippen LogP contribution in [0.3, 0.4) is 0 Å². The average molecular weight is 495 g/mol. The van der Waals surface area contributed by atoms with Gasteiger partial charge in [0.15, 0.2) is 0 Å². The minimum Gasteiger partial charge on any atom is -0.508 e. The second-order valence-corrected chi connectivity index (χ2v) is 7.67. The zero-order valence-electron chi connectivity index (χ0n) is 18.9. The lowest BCUT2D eigenvalue weighted by Gasteiger charge is -2.24. The first kappa shape index (κ1) is 28.8. The van der Waals surface area contributed by atoms with Gasteiger partial charge in [-0.2, -0.15) is 0 Å². The third-order valence-electron chi connectivity index (χ3n) is 4.82. The highest BCUT2D eigenvalue weighted by molar-refractivity contribution is 5.94. The Morgan fingerprint density at radius 2 is 1.26 bits per heavy atom. The summed E-state index contributed by atoms with van der Waals surface area (Å²) >= 11 is 0. The van der Waals surface area contributed by atoms with Crippen LogP contribution >= 0.6 is 0 Å². The predicted molar refractivity (Wildman–Crippen MR) is 121 cm³/mol. The molecule has 1 aromatic carbocycles. The fourth-order valence-corrected chi connectivity index (χ4v) is 2.97. The van der Waals surface area contributed by atoms with Crippen LogP contribution in [-0.4, -0.2) is 70.4 Å². The van der Waals surface area contributed by atoms with Gasteiger partial charge in [-0.3, -0.25) is 24.0 Å². The molecule has 0 saturated heterocycles. The van der Waals surface area contributed by atoms with Crippen molar-refractivity contribution < 1.29 is 39.0 Å². The van der Waals surface area contributed by atoms with Gasteiger partial charge in [0, 0.05) is 19.3 Å². The summed E-state index contributed by atoms with van der Waals surface area (Å²) in [5, 5.41) is 25.9. The molecule has 0 aliphatic carbocycles. The lowest BCUT2D eigenvalue weighted by molar-refractivity contribution is -0.142. The number of aliphatic carboxylic acids is 1. The quantitative estimate of drug-likeness (QED) is 0.123. The summed E-state index contributed by atoms with van der Waals surface area (Å²) in [7, 11) is 0. The fraction of sp³-hybridized carbons (Fsp3) is 0.429. The Kier molecular flexibility index (Phi) is 11.7. The first-order chi connectivity index (χ1) is 16.4. The van der Waals surface area contributed by atoms with E-state index in [-0.39, 0.29) is 37.9 Å². The minimum absolute atomic E-state index is 0.0350. The van der Waals surface area contributed by atoms with E-state index in [4.69, 9.17) is 17.2 Å². The first-order valence-corrected chi connectivity index (χ1v) is 10.6. The molecule has 0 heterocycles. The molecule has 0 aliphatic rings. The van der Waals surface area contributed by atoms with E-state index in [1.165, 1.54) is 24.3 Å². The third-order valence-corrected chi connectivity index (χ3v) is 4.82. The van der Waals surface area contributed by atoms with Gasteiger partial charge < -0.3 is 43.4 Å². The van der Waals surface area contributed by atoms with Crippen molar-refractivity contribution in [3.63, 3.8) is 0 Å². The van der Waals surface area contributed by atoms with Crippen molar-refractivity contribution in [2.24, 2.45) is 17.2 Å². The lowest BCUT2D eigenvalue weighted by atomic mass is 10.0. The molecule has 0 spiro atoms. The van der Waals surface area contributed by atoms with Crippen LogP contribution < -0.4 is 33.2 Å². The van der Waals surface area contributed by atoms with E-state index in [0.29, 0.717) is 5.56 Å². The van der Waals surface area contributed by atoms with Gasteiger partial charge in [-0.25, -0.2) is 4.79 Å². The SMILES string of the molecule is NCC(=O)NC(CCC(N)=O)C(=O)NC(Cc1ccc(O)cc1)C(=O)NC(CCC(N)=O)C(=O)O. The van der Waals surface area contributed by atoms with Crippen molar-refractivity contribution in [3.05, 3.63) is 29.8 Å². The number of aromatic hydroxyl groups is 1. The Bertz CT molecular complexity index is 936. The van der Waals surface area contributed by atoms with Crippen LogP contribution in [0.5, 0.6) is 5.75 Å². The largest absolute Gasteiger partial charge is 0.508 e. The number of phenols is 1. The van der Waals surface area contributed by atoms with Crippen LogP contribution in [0.15, 0.2) is 24.3 Å². The third kappa shape index (κ3) is 11.0. The molecule has 14 heteroatoms. The molecule has 0 bridgehead atoms.